The van der Waals surface area contributed by atoms with Crippen LogP contribution in [0.2, 0.25) is 5.02 Å². The molecule has 2 aromatic rings. The zero-order valence-corrected chi connectivity index (χ0v) is 15.5. The molecular weight excluding hydrogens is 382 g/mol. The number of phenolic OH excluding ortho intramolecular Hbond substituents is 1. The summed E-state index contributed by atoms with van der Waals surface area (Å²) in [6.07, 6.45) is -0.0916. The summed E-state index contributed by atoms with van der Waals surface area (Å²) in [5.74, 6) is -1.69. The summed E-state index contributed by atoms with van der Waals surface area (Å²) < 4.78 is 29.7. The van der Waals surface area contributed by atoms with Crippen LogP contribution in [0.15, 0.2) is 42.5 Å². The highest BCUT2D eigenvalue weighted by Crippen LogP contribution is 2.23. The molecule has 2 rings (SSSR count). The van der Waals surface area contributed by atoms with Crippen molar-refractivity contribution in [3.05, 3.63) is 58.6 Å². The molecule has 0 aliphatic carbocycles. The van der Waals surface area contributed by atoms with E-state index < -0.39 is 27.9 Å². The Labute approximate surface area is 155 Å². The third-order valence-electron chi connectivity index (χ3n) is 3.31. The summed E-state index contributed by atoms with van der Waals surface area (Å²) in [7, 11) is -3.42. The van der Waals surface area contributed by atoms with Gasteiger partial charge in [-0.2, -0.15) is 0 Å². The van der Waals surface area contributed by atoms with Crippen LogP contribution >= 0.6 is 11.6 Å². The van der Waals surface area contributed by atoms with Crippen molar-refractivity contribution in [2.45, 2.75) is 13.0 Å². The third-order valence-corrected chi connectivity index (χ3v) is 4.15. The zero-order valence-electron chi connectivity index (χ0n) is 13.9. The van der Waals surface area contributed by atoms with E-state index in [-0.39, 0.29) is 21.9 Å². The fourth-order valence-corrected chi connectivity index (χ4v) is 2.84. The standard InChI is InChI=1S/C17H16ClNO6S/c1-10(25-17(22)14-8-5-12(18)9-15(14)20)16(21)11-3-6-13(7-4-11)19-26(2,23)24/h3-10,19-20H,1-2H3/t10-/m0/s1. The smallest absolute Gasteiger partial charge is 0.342 e. The number of carbonyl (C=O) groups excluding carboxylic acids is 2. The summed E-state index contributed by atoms with van der Waals surface area (Å²) >= 11 is 5.70. The van der Waals surface area contributed by atoms with Gasteiger partial charge in [0.15, 0.2) is 6.10 Å². The molecule has 0 amide bonds. The number of rotatable bonds is 6. The van der Waals surface area contributed by atoms with Crippen LogP contribution in [0, 0.1) is 0 Å². The second-order valence-corrected chi connectivity index (χ2v) is 7.71. The number of ketones is 1. The average Bonchev–Trinajstić information content (AvgIpc) is 2.53. The summed E-state index contributed by atoms with van der Waals surface area (Å²) in [5, 5.41) is 9.98. The molecule has 138 valence electrons. The number of Topliss-reactive ketones (excluding diaryl/α,β-unsaturated/α-hetero) is 1. The van der Waals surface area contributed by atoms with E-state index in [1.54, 1.807) is 0 Å². The highest BCUT2D eigenvalue weighted by Gasteiger charge is 2.22. The van der Waals surface area contributed by atoms with E-state index in [1.807, 2.05) is 0 Å². The molecule has 0 bridgehead atoms. The monoisotopic (exact) mass is 397 g/mol. The van der Waals surface area contributed by atoms with Crippen molar-refractivity contribution < 1.29 is 27.9 Å². The predicted octanol–water partition coefficient (Wildman–Crippen LogP) is 2.85. The molecule has 0 heterocycles. The Kier molecular flexibility index (Phi) is 5.89. The number of sulfonamides is 1. The number of ether oxygens (including phenoxy) is 1. The van der Waals surface area contributed by atoms with Crippen LogP contribution in [0.4, 0.5) is 5.69 Å². The first kappa shape index (κ1) is 19.7. The quantitative estimate of drug-likeness (QED) is 0.573. The minimum Gasteiger partial charge on any atom is -0.507 e. The number of benzene rings is 2. The summed E-state index contributed by atoms with van der Waals surface area (Å²) in [4.78, 5) is 24.4. The maximum Gasteiger partial charge on any atom is 0.342 e. The van der Waals surface area contributed by atoms with Crippen LogP contribution < -0.4 is 4.72 Å². The van der Waals surface area contributed by atoms with Gasteiger partial charge >= 0.3 is 5.97 Å². The molecular formula is C17H16ClNO6S. The Hall–Kier alpha value is -2.58. The molecule has 0 aliphatic heterocycles. The van der Waals surface area contributed by atoms with Gasteiger partial charge in [-0.05, 0) is 49.4 Å². The minimum absolute atomic E-state index is 0.109. The Bertz CT molecular complexity index is 940. The van der Waals surface area contributed by atoms with Gasteiger partial charge in [0.05, 0.1) is 6.26 Å². The Morgan fingerprint density at radius 3 is 2.31 bits per heavy atom. The lowest BCUT2D eigenvalue weighted by molar-refractivity contribution is 0.0316. The van der Waals surface area contributed by atoms with Gasteiger partial charge in [0, 0.05) is 16.3 Å². The van der Waals surface area contributed by atoms with Crippen molar-refractivity contribution in [2.24, 2.45) is 0 Å². The van der Waals surface area contributed by atoms with Crippen LogP contribution in [0.25, 0.3) is 0 Å². The highest BCUT2D eigenvalue weighted by molar-refractivity contribution is 7.92. The fraction of sp³-hybridized carbons (Fsp3) is 0.176. The molecule has 0 aromatic heterocycles. The highest BCUT2D eigenvalue weighted by atomic mass is 35.5. The van der Waals surface area contributed by atoms with Crippen molar-refractivity contribution in [3.8, 4) is 5.75 Å². The molecule has 0 saturated carbocycles. The van der Waals surface area contributed by atoms with Gasteiger partial charge in [-0.25, -0.2) is 13.2 Å². The van der Waals surface area contributed by atoms with Gasteiger partial charge in [0.2, 0.25) is 15.8 Å². The maximum atomic E-state index is 12.3. The van der Waals surface area contributed by atoms with E-state index in [4.69, 9.17) is 16.3 Å². The Morgan fingerprint density at radius 1 is 1.15 bits per heavy atom. The number of esters is 1. The second kappa shape index (κ2) is 7.76. The topological polar surface area (TPSA) is 110 Å². The first-order valence-corrected chi connectivity index (χ1v) is 9.65. The second-order valence-electron chi connectivity index (χ2n) is 5.52. The summed E-state index contributed by atoms with van der Waals surface area (Å²) in [6.45, 7) is 1.40. The van der Waals surface area contributed by atoms with E-state index in [2.05, 4.69) is 4.72 Å². The first-order valence-electron chi connectivity index (χ1n) is 7.38. The number of hydrogen-bond acceptors (Lipinski definition) is 6. The van der Waals surface area contributed by atoms with Crippen molar-refractivity contribution >= 4 is 39.1 Å². The van der Waals surface area contributed by atoms with Crippen LogP contribution in [-0.4, -0.2) is 37.6 Å². The molecule has 1 atom stereocenters. The molecule has 0 unspecified atom stereocenters. The first-order chi connectivity index (χ1) is 12.1. The van der Waals surface area contributed by atoms with Crippen molar-refractivity contribution in [3.63, 3.8) is 0 Å². The lowest BCUT2D eigenvalue weighted by atomic mass is 10.1. The number of aromatic hydroxyl groups is 1. The SMILES string of the molecule is C[C@H](OC(=O)c1ccc(Cl)cc1O)C(=O)c1ccc(NS(C)(=O)=O)cc1. The van der Waals surface area contributed by atoms with Crippen LogP contribution in [-0.2, 0) is 14.8 Å². The van der Waals surface area contributed by atoms with Gasteiger partial charge in [-0.1, -0.05) is 11.6 Å². The lowest BCUT2D eigenvalue weighted by Crippen LogP contribution is -2.24. The van der Waals surface area contributed by atoms with Crippen molar-refractivity contribution in [2.75, 3.05) is 11.0 Å². The van der Waals surface area contributed by atoms with Crippen molar-refractivity contribution in [1.82, 2.24) is 0 Å². The van der Waals surface area contributed by atoms with E-state index in [9.17, 15) is 23.1 Å². The number of hydrogen-bond donors (Lipinski definition) is 2. The van der Waals surface area contributed by atoms with E-state index >= 15 is 0 Å². The maximum absolute atomic E-state index is 12.3. The number of halogens is 1. The molecule has 2 aromatic carbocycles. The molecule has 0 saturated heterocycles. The average molecular weight is 398 g/mol. The van der Waals surface area contributed by atoms with Crippen LogP contribution in [0.3, 0.4) is 0 Å². The van der Waals surface area contributed by atoms with Gasteiger partial charge in [0.25, 0.3) is 0 Å². The normalized spacial score (nSPS) is 12.3. The largest absolute Gasteiger partial charge is 0.507 e. The molecule has 7 nitrogen and oxygen atoms in total. The Balaban J connectivity index is 2.08. The van der Waals surface area contributed by atoms with E-state index in [0.29, 0.717) is 5.69 Å². The van der Waals surface area contributed by atoms with Gasteiger partial charge in [-0.3, -0.25) is 9.52 Å². The van der Waals surface area contributed by atoms with Crippen molar-refractivity contribution in [1.29, 1.82) is 0 Å². The number of carbonyl (C=O) groups is 2. The molecule has 0 radical (unpaired) electrons. The van der Waals surface area contributed by atoms with Gasteiger partial charge < -0.3 is 9.84 Å². The summed E-state index contributed by atoms with van der Waals surface area (Å²) in [5.41, 5.74) is 0.436. The van der Waals surface area contributed by atoms with E-state index in [1.165, 1.54) is 49.4 Å². The number of phenols is 1. The lowest BCUT2D eigenvalue weighted by Gasteiger charge is -2.13. The Morgan fingerprint density at radius 2 is 1.77 bits per heavy atom. The fourth-order valence-electron chi connectivity index (χ4n) is 2.11. The molecule has 0 fully saturated rings. The van der Waals surface area contributed by atoms with Crippen LogP contribution in [0.5, 0.6) is 5.75 Å². The molecule has 0 aliphatic rings. The zero-order chi connectivity index (χ0) is 19.5. The molecule has 0 spiro atoms. The minimum atomic E-state index is -3.42. The van der Waals surface area contributed by atoms with Crippen LogP contribution in [0.1, 0.15) is 27.6 Å². The summed E-state index contributed by atoms with van der Waals surface area (Å²) in [6, 6.07) is 9.58. The third kappa shape index (κ3) is 5.21. The predicted molar refractivity (Wildman–Crippen MR) is 97.2 cm³/mol. The van der Waals surface area contributed by atoms with E-state index in [0.717, 1.165) is 6.26 Å². The molecule has 26 heavy (non-hydrogen) atoms. The molecule has 2 N–H and O–H groups in total. The van der Waals surface area contributed by atoms with Gasteiger partial charge in [-0.15, -0.1) is 0 Å². The number of anilines is 1. The van der Waals surface area contributed by atoms with Gasteiger partial charge in [0.1, 0.15) is 11.3 Å². The molecule has 9 heteroatoms. The number of nitrogens with one attached hydrogen (secondary N) is 1.